The van der Waals surface area contributed by atoms with Gasteiger partial charge in [0.2, 0.25) is 5.01 Å². The van der Waals surface area contributed by atoms with Crippen LogP contribution in [0.3, 0.4) is 0 Å². The predicted molar refractivity (Wildman–Crippen MR) is 168 cm³/mol. The second-order valence-corrected chi connectivity index (χ2v) is 11.7. The maximum absolute atomic E-state index is 12.6. The molecule has 0 bridgehead atoms. The van der Waals surface area contributed by atoms with Crippen LogP contribution in [0.25, 0.3) is 0 Å². The molecule has 7 heteroatoms. The monoisotopic (exact) mass is 581 g/mol. The highest BCUT2D eigenvalue weighted by Crippen LogP contribution is 2.31. The van der Waals surface area contributed by atoms with Crippen LogP contribution in [-0.4, -0.2) is 26.2 Å². The van der Waals surface area contributed by atoms with Crippen LogP contribution in [0.4, 0.5) is 5.69 Å². The maximum Gasteiger partial charge on any atom is 0.262 e. The zero-order chi connectivity index (χ0) is 29.1. The highest BCUT2D eigenvalue weighted by atomic mass is 32.1. The van der Waals surface area contributed by atoms with Crippen LogP contribution in [0.15, 0.2) is 54.0 Å². The number of nitrogens with one attached hydrogen (secondary N) is 1. The lowest BCUT2D eigenvalue weighted by Gasteiger charge is -2.13. The molecule has 0 fully saturated rings. The number of hydrogen-bond acceptors (Lipinski definition) is 5. The van der Waals surface area contributed by atoms with Crippen molar-refractivity contribution in [2.75, 3.05) is 25.6 Å². The number of nitrogens with zero attached hydrogens (tertiary/aromatic N) is 1. The number of aryl methyl sites for hydroxylation is 1. The molecule has 41 heavy (non-hydrogen) atoms. The summed E-state index contributed by atoms with van der Waals surface area (Å²) < 4.78 is 19.5. The lowest BCUT2D eigenvalue weighted by atomic mass is 10.1. The van der Waals surface area contributed by atoms with Crippen molar-refractivity contribution in [3.63, 3.8) is 0 Å². The summed E-state index contributed by atoms with van der Waals surface area (Å²) in [7, 11) is 1.63. The molecular formula is C34H49N2O4S+. The molecule has 0 saturated heterocycles. The summed E-state index contributed by atoms with van der Waals surface area (Å²) in [5, 5.41) is 6.25. The fourth-order valence-corrected chi connectivity index (χ4v) is 5.48. The largest absolute Gasteiger partial charge is 0.493 e. The number of amides is 1. The van der Waals surface area contributed by atoms with Crippen molar-refractivity contribution >= 4 is 22.9 Å². The number of anilines is 1. The Hall–Kier alpha value is -3.06. The number of methoxy groups -OCH3 is 1. The normalized spacial score (nSPS) is 10.9. The first-order chi connectivity index (χ1) is 20.1. The first kappa shape index (κ1) is 32.5. The van der Waals surface area contributed by atoms with Crippen LogP contribution < -0.4 is 24.1 Å². The molecule has 3 rings (SSSR count). The fraction of sp³-hybridized carbons (Fsp3) is 0.529. The van der Waals surface area contributed by atoms with Gasteiger partial charge < -0.3 is 19.5 Å². The van der Waals surface area contributed by atoms with E-state index in [-0.39, 0.29) is 12.5 Å². The van der Waals surface area contributed by atoms with Gasteiger partial charge in [-0.15, -0.1) is 0 Å². The van der Waals surface area contributed by atoms with Gasteiger partial charge in [-0.25, -0.2) is 0 Å². The van der Waals surface area contributed by atoms with Crippen LogP contribution in [-0.2, 0) is 11.3 Å². The molecular weight excluding hydrogens is 532 g/mol. The summed E-state index contributed by atoms with van der Waals surface area (Å²) in [6.07, 6.45) is 17.8. The van der Waals surface area contributed by atoms with Gasteiger partial charge in [-0.05, 0) is 30.7 Å². The van der Waals surface area contributed by atoms with Gasteiger partial charge in [0.25, 0.3) is 5.91 Å². The van der Waals surface area contributed by atoms with E-state index in [1.165, 1.54) is 75.6 Å². The lowest BCUT2D eigenvalue weighted by Crippen LogP contribution is -2.34. The minimum Gasteiger partial charge on any atom is -0.493 e. The second kappa shape index (κ2) is 19.1. The first-order valence-electron chi connectivity index (χ1n) is 15.3. The number of thiazole rings is 1. The van der Waals surface area contributed by atoms with Crippen LogP contribution in [0, 0.1) is 6.92 Å². The van der Waals surface area contributed by atoms with E-state index in [4.69, 9.17) is 14.2 Å². The molecule has 0 aliphatic carbocycles. The zero-order valence-electron chi connectivity index (χ0n) is 25.3. The van der Waals surface area contributed by atoms with Crippen molar-refractivity contribution in [1.82, 2.24) is 0 Å². The Morgan fingerprint density at radius 1 is 0.854 bits per heavy atom. The lowest BCUT2D eigenvalue weighted by molar-refractivity contribution is -0.689. The van der Waals surface area contributed by atoms with Crippen LogP contribution in [0.2, 0.25) is 0 Å². The third-order valence-corrected chi connectivity index (χ3v) is 8.04. The molecule has 0 atom stereocenters. The van der Waals surface area contributed by atoms with Crippen molar-refractivity contribution in [2.24, 2.45) is 0 Å². The van der Waals surface area contributed by atoms with Crippen molar-refractivity contribution in [3.8, 4) is 17.2 Å². The summed E-state index contributed by atoms with van der Waals surface area (Å²) >= 11 is 1.72. The van der Waals surface area contributed by atoms with Gasteiger partial charge in [0, 0.05) is 24.2 Å². The van der Waals surface area contributed by atoms with Gasteiger partial charge in [0.05, 0.1) is 19.1 Å². The number of unbranched alkanes of at least 4 members (excludes halogenated alkanes) is 11. The first-order valence-corrected chi connectivity index (χ1v) is 16.2. The number of ether oxygens (including phenoxy) is 3. The third-order valence-electron chi connectivity index (χ3n) is 7.21. The second-order valence-electron chi connectivity index (χ2n) is 10.6. The van der Waals surface area contributed by atoms with Gasteiger partial charge in [0.15, 0.2) is 30.8 Å². The number of carbonyl (C=O) groups excluding carboxylic acids is 1. The number of hydrogen-bond donors (Lipinski definition) is 1. The summed E-state index contributed by atoms with van der Waals surface area (Å²) in [4.78, 5) is 12.6. The topological polar surface area (TPSA) is 60.7 Å². The molecule has 2 aromatic carbocycles. The van der Waals surface area contributed by atoms with E-state index in [1.807, 2.05) is 24.3 Å². The van der Waals surface area contributed by atoms with E-state index in [0.29, 0.717) is 23.9 Å². The van der Waals surface area contributed by atoms with E-state index >= 15 is 0 Å². The van der Waals surface area contributed by atoms with Gasteiger partial charge in [-0.1, -0.05) is 101 Å². The highest BCUT2D eigenvalue weighted by molar-refractivity contribution is 7.09. The molecule has 1 amide bonds. The average Bonchev–Trinajstić information content (AvgIpc) is 3.38. The molecule has 0 unspecified atom stereocenters. The summed E-state index contributed by atoms with van der Waals surface area (Å²) in [6.45, 7) is 5.68. The standard InChI is InChI=1S/C34H48N2O4S/c1-4-5-6-7-8-9-10-11-12-13-14-15-22-39-33-25-31(19-20-32(33)38-3)40-27-34(37)35-30-18-16-17-29(24-30)26-36-21-23-41-28(36)2/h16-21,23-25H,4-15,22,26-27H2,1-3H3/p+1. The molecule has 0 spiro atoms. The Bertz CT molecular complexity index is 1160. The van der Waals surface area contributed by atoms with E-state index in [9.17, 15) is 4.79 Å². The number of aromatic nitrogens is 1. The van der Waals surface area contributed by atoms with Crippen LogP contribution in [0.1, 0.15) is 94.5 Å². The predicted octanol–water partition coefficient (Wildman–Crippen LogP) is 8.50. The molecule has 0 radical (unpaired) electrons. The molecule has 1 heterocycles. The van der Waals surface area contributed by atoms with Crippen LogP contribution >= 0.6 is 11.3 Å². The fourth-order valence-electron chi connectivity index (χ4n) is 4.81. The van der Waals surface area contributed by atoms with Crippen LogP contribution in [0.5, 0.6) is 17.2 Å². The zero-order valence-corrected chi connectivity index (χ0v) is 26.1. The van der Waals surface area contributed by atoms with E-state index in [0.717, 1.165) is 24.2 Å². The number of benzene rings is 2. The molecule has 1 N–H and O–H groups in total. The number of rotatable bonds is 21. The molecule has 1 aromatic heterocycles. The molecule has 0 aliphatic rings. The molecule has 0 saturated carbocycles. The van der Waals surface area contributed by atoms with Gasteiger partial charge in [-0.3, -0.25) is 4.79 Å². The third kappa shape index (κ3) is 12.6. The minimum absolute atomic E-state index is 0.0902. The molecule has 224 valence electrons. The molecule has 0 aliphatic heterocycles. The Morgan fingerprint density at radius 2 is 1.56 bits per heavy atom. The SMILES string of the molecule is CCCCCCCCCCCCCCOc1cc(OCC(=O)Nc2cccc(C[n+]3ccsc3C)c2)ccc1OC. The van der Waals surface area contributed by atoms with Gasteiger partial charge in [0.1, 0.15) is 5.75 Å². The van der Waals surface area contributed by atoms with Crippen molar-refractivity contribution in [3.05, 3.63) is 64.6 Å². The van der Waals surface area contributed by atoms with Crippen molar-refractivity contribution < 1.29 is 23.6 Å². The Balaban J connectivity index is 1.34. The smallest absolute Gasteiger partial charge is 0.262 e. The minimum atomic E-state index is -0.212. The van der Waals surface area contributed by atoms with E-state index in [1.54, 1.807) is 30.6 Å². The highest BCUT2D eigenvalue weighted by Gasteiger charge is 2.11. The van der Waals surface area contributed by atoms with E-state index < -0.39 is 0 Å². The Morgan fingerprint density at radius 3 is 2.22 bits per heavy atom. The summed E-state index contributed by atoms with van der Waals surface area (Å²) in [5.74, 6) is 1.67. The Labute approximate surface area is 251 Å². The summed E-state index contributed by atoms with van der Waals surface area (Å²) in [5.41, 5.74) is 1.88. The quantitative estimate of drug-likeness (QED) is 0.101. The van der Waals surface area contributed by atoms with Crippen molar-refractivity contribution in [2.45, 2.75) is 97.4 Å². The Kier molecular flexibility index (Phi) is 15.1. The van der Waals surface area contributed by atoms with Crippen molar-refractivity contribution in [1.29, 1.82) is 0 Å². The molecule has 3 aromatic rings. The number of carbonyl (C=O) groups is 1. The van der Waals surface area contributed by atoms with Gasteiger partial charge in [-0.2, -0.15) is 4.57 Å². The maximum atomic E-state index is 12.6. The average molecular weight is 582 g/mol. The molecule has 6 nitrogen and oxygen atoms in total. The van der Waals surface area contributed by atoms with E-state index in [2.05, 4.69) is 41.4 Å². The summed E-state index contributed by atoms with van der Waals surface area (Å²) in [6, 6.07) is 13.3. The van der Waals surface area contributed by atoms with Gasteiger partial charge >= 0.3 is 0 Å².